The molecule has 6 nitrogen and oxygen atoms in total. The zero-order valence-corrected chi connectivity index (χ0v) is 8.16. The molecule has 3 N–H and O–H groups in total. The Morgan fingerprint density at radius 1 is 1.43 bits per heavy atom. The van der Waals surface area contributed by atoms with Gasteiger partial charge in [0.15, 0.2) is 0 Å². The maximum absolute atomic E-state index is 11.6. The lowest BCUT2D eigenvalue weighted by Gasteiger charge is -2.29. The minimum atomic E-state index is -0.681. The van der Waals surface area contributed by atoms with E-state index in [0.29, 0.717) is 26.3 Å². The van der Waals surface area contributed by atoms with Gasteiger partial charge in [-0.05, 0) is 6.92 Å². The molecular formula is C8H15N3O3. The van der Waals surface area contributed by atoms with Crippen LogP contribution < -0.4 is 11.1 Å². The monoisotopic (exact) mass is 201 g/mol. The summed E-state index contributed by atoms with van der Waals surface area (Å²) in [6.45, 7) is 3.86. The van der Waals surface area contributed by atoms with Gasteiger partial charge in [0.1, 0.15) is 6.04 Å². The van der Waals surface area contributed by atoms with Crippen molar-refractivity contribution in [2.45, 2.75) is 13.0 Å². The van der Waals surface area contributed by atoms with Crippen LogP contribution in [0.1, 0.15) is 6.92 Å². The highest BCUT2D eigenvalue weighted by atomic mass is 16.5. The van der Waals surface area contributed by atoms with Crippen molar-refractivity contribution in [2.75, 3.05) is 26.3 Å². The fourth-order valence-electron chi connectivity index (χ4n) is 1.33. The average Bonchev–Trinajstić information content (AvgIpc) is 2.17. The molecule has 1 aliphatic rings. The van der Waals surface area contributed by atoms with Crippen LogP contribution in [0, 0.1) is 0 Å². The van der Waals surface area contributed by atoms with E-state index in [2.05, 4.69) is 5.32 Å². The Morgan fingerprint density at radius 2 is 2.00 bits per heavy atom. The molecule has 0 spiro atoms. The first-order chi connectivity index (χ1) is 6.61. The largest absolute Gasteiger partial charge is 0.378 e. The zero-order chi connectivity index (χ0) is 10.6. The summed E-state index contributed by atoms with van der Waals surface area (Å²) in [7, 11) is 0. The number of hydrogen-bond donors (Lipinski definition) is 2. The van der Waals surface area contributed by atoms with Gasteiger partial charge in [-0.1, -0.05) is 0 Å². The summed E-state index contributed by atoms with van der Waals surface area (Å²) in [4.78, 5) is 23.8. The van der Waals surface area contributed by atoms with Crippen LogP contribution in [0.25, 0.3) is 0 Å². The Hall–Kier alpha value is -1.30. The smallest absolute Gasteiger partial charge is 0.312 e. The van der Waals surface area contributed by atoms with Gasteiger partial charge in [0, 0.05) is 13.1 Å². The van der Waals surface area contributed by atoms with Crippen molar-refractivity contribution in [1.29, 1.82) is 0 Å². The van der Waals surface area contributed by atoms with Crippen LogP contribution in [0.3, 0.4) is 0 Å². The van der Waals surface area contributed by atoms with Crippen LogP contribution in [0.15, 0.2) is 0 Å². The molecule has 6 heteroatoms. The van der Waals surface area contributed by atoms with E-state index in [4.69, 9.17) is 10.5 Å². The predicted molar refractivity (Wildman–Crippen MR) is 49.6 cm³/mol. The number of urea groups is 1. The molecule has 1 aliphatic heterocycles. The van der Waals surface area contributed by atoms with Crippen molar-refractivity contribution in [3.63, 3.8) is 0 Å². The molecule has 0 aliphatic carbocycles. The Kier molecular flexibility index (Phi) is 3.70. The Balaban J connectivity index is 2.42. The molecular weight excluding hydrogens is 186 g/mol. The highest BCUT2D eigenvalue weighted by Crippen LogP contribution is 2.00. The van der Waals surface area contributed by atoms with Crippen LogP contribution in [-0.4, -0.2) is 49.2 Å². The van der Waals surface area contributed by atoms with Crippen LogP contribution in [-0.2, 0) is 9.53 Å². The molecule has 0 aromatic carbocycles. The fourth-order valence-corrected chi connectivity index (χ4v) is 1.33. The van der Waals surface area contributed by atoms with Gasteiger partial charge in [0.05, 0.1) is 13.2 Å². The molecule has 0 radical (unpaired) electrons. The summed E-state index contributed by atoms with van der Waals surface area (Å²) >= 11 is 0. The minimum absolute atomic E-state index is 0.118. The van der Waals surface area contributed by atoms with Crippen molar-refractivity contribution in [2.24, 2.45) is 5.73 Å². The number of ether oxygens (including phenoxy) is 1. The number of nitrogens with zero attached hydrogens (tertiary/aromatic N) is 1. The third kappa shape index (κ3) is 2.88. The normalized spacial score (nSPS) is 18.8. The molecule has 1 unspecified atom stereocenters. The highest BCUT2D eigenvalue weighted by Gasteiger charge is 2.22. The minimum Gasteiger partial charge on any atom is -0.378 e. The van der Waals surface area contributed by atoms with E-state index in [1.807, 2.05) is 0 Å². The van der Waals surface area contributed by atoms with Gasteiger partial charge in [-0.15, -0.1) is 0 Å². The highest BCUT2D eigenvalue weighted by molar-refractivity contribution is 5.86. The van der Waals surface area contributed by atoms with Crippen molar-refractivity contribution in [3.05, 3.63) is 0 Å². The molecule has 0 bridgehead atoms. The third-order valence-electron chi connectivity index (χ3n) is 2.05. The average molecular weight is 201 g/mol. The van der Waals surface area contributed by atoms with Crippen molar-refractivity contribution >= 4 is 11.9 Å². The number of carbonyl (C=O) groups excluding carboxylic acids is 2. The number of amides is 3. The first kappa shape index (κ1) is 10.8. The summed E-state index contributed by atoms with van der Waals surface area (Å²) < 4.78 is 5.10. The number of morpholine rings is 1. The molecule has 14 heavy (non-hydrogen) atoms. The molecule has 80 valence electrons. The molecule has 0 saturated carbocycles. The lowest BCUT2D eigenvalue weighted by Crippen LogP contribution is -2.51. The number of nitrogens with one attached hydrogen (secondary N) is 1. The SMILES string of the molecule is CC(NC(N)=O)C(=O)N1CCOCC1. The molecule has 0 aromatic heterocycles. The quantitative estimate of drug-likeness (QED) is 0.595. The standard InChI is InChI=1S/C8H15N3O3/c1-6(10-8(9)13)7(12)11-2-4-14-5-3-11/h6H,2-5H2,1H3,(H3,9,10,13). The van der Waals surface area contributed by atoms with E-state index in [-0.39, 0.29) is 5.91 Å². The zero-order valence-electron chi connectivity index (χ0n) is 8.16. The molecule has 1 rings (SSSR count). The van der Waals surface area contributed by atoms with Crippen LogP contribution in [0.4, 0.5) is 4.79 Å². The molecule has 0 aromatic rings. The maximum atomic E-state index is 11.6. The molecule has 1 heterocycles. The lowest BCUT2D eigenvalue weighted by atomic mass is 10.2. The second kappa shape index (κ2) is 4.80. The van der Waals surface area contributed by atoms with E-state index in [0.717, 1.165) is 0 Å². The summed E-state index contributed by atoms with van der Waals surface area (Å²) in [6.07, 6.45) is 0. The van der Waals surface area contributed by atoms with Gasteiger partial charge >= 0.3 is 6.03 Å². The van der Waals surface area contributed by atoms with Gasteiger partial charge in [-0.2, -0.15) is 0 Å². The summed E-state index contributed by atoms with van der Waals surface area (Å²) in [5.74, 6) is -0.118. The molecule has 1 fully saturated rings. The summed E-state index contributed by atoms with van der Waals surface area (Å²) in [5.41, 5.74) is 4.92. The van der Waals surface area contributed by atoms with Crippen molar-refractivity contribution in [3.8, 4) is 0 Å². The number of rotatable bonds is 2. The van der Waals surface area contributed by atoms with Crippen molar-refractivity contribution < 1.29 is 14.3 Å². The van der Waals surface area contributed by atoms with Gasteiger partial charge in [-0.3, -0.25) is 4.79 Å². The van der Waals surface area contributed by atoms with Crippen LogP contribution in [0.2, 0.25) is 0 Å². The predicted octanol–water partition coefficient (Wildman–Crippen LogP) is -1.10. The Labute approximate surface area is 82.4 Å². The van der Waals surface area contributed by atoms with Gasteiger partial charge < -0.3 is 20.7 Å². The number of carbonyl (C=O) groups is 2. The van der Waals surface area contributed by atoms with E-state index < -0.39 is 12.1 Å². The second-order valence-corrected chi connectivity index (χ2v) is 3.17. The Bertz CT molecular complexity index is 226. The fraction of sp³-hybridized carbons (Fsp3) is 0.750. The van der Waals surface area contributed by atoms with Crippen molar-refractivity contribution in [1.82, 2.24) is 10.2 Å². The van der Waals surface area contributed by atoms with Crippen LogP contribution in [0.5, 0.6) is 0 Å². The van der Waals surface area contributed by atoms with Gasteiger partial charge in [0.25, 0.3) is 0 Å². The first-order valence-electron chi connectivity index (χ1n) is 4.54. The van der Waals surface area contributed by atoms with Gasteiger partial charge in [0.2, 0.25) is 5.91 Å². The first-order valence-corrected chi connectivity index (χ1v) is 4.54. The number of nitrogens with two attached hydrogens (primary N) is 1. The third-order valence-corrected chi connectivity index (χ3v) is 2.05. The van der Waals surface area contributed by atoms with Crippen LogP contribution >= 0.6 is 0 Å². The molecule has 3 amide bonds. The maximum Gasteiger partial charge on any atom is 0.312 e. The van der Waals surface area contributed by atoms with E-state index >= 15 is 0 Å². The van der Waals surface area contributed by atoms with E-state index in [1.54, 1.807) is 11.8 Å². The number of primary amides is 1. The van der Waals surface area contributed by atoms with E-state index in [9.17, 15) is 9.59 Å². The van der Waals surface area contributed by atoms with E-state index in [1.165, 1.54) is 0 Å². The van der Waals surface area contributed by atoms with Gasteiger partial charge in [-0.25, -0.2) is 4.79 Å². The molecule has 1 saturated heterocycles. The summed E-state index contributed by atoms with van der Waals surface area (Å²) in [5, 5.41) is 2.35. The second-order valence-electron chi connectivity index (χ2n) is 3.17. The molecule has 1 atom stereocenters. The lowest BCUT2D eigenvalue weighted by molar-refractivity contribution is -0.136. The summed E-state index contributed by atoms with van der Waals surface area (Å²) in [6, 6.07) is -1.25. The number of hydrogen-bond acceptors (Lipinski definition) is 3. The Morgan fingerprint density at radius 3 is 2.50 bits per heavy atom. The topological polar surface area (TPSA) is 84.7 Å².